The van der Waals surface area contributed by atoms with Crippen molar-refractivity contribution in [3.8, 4) is 0 Å². The predicted octanol–water partition coefficient (Wildman–Crippen LogP) is 2.06. The molecule has 2 atom stereocenters. The van der Waals surface area contributed by atoms with Gasteiger partial charge >= 0.3 is 18.2 Å². The van der Waals surface area contributed by atoms with Crippen LogP contribution in [0.15, 0.2) is 30.7 Å². The Hall–Kier alpha value is -2.78. The standard InChI is InChI=1S/C14H13F3N4O3/c15-14(16,17)10-7-21(6-9(10)12(22)23)13(24)19-8-1-3-20-4-2-18-11(20)5-8/h1-5,9-10H,6-7H2,(H,19,24)(H,22,23)/t9-,10-/m1/s1. The van der Waals surface area contributed by atoms with Crippen molar-refractivity contribution in [2.75, 3.05) is 18.4 Å². The first-order valence-electron chi connectivity index (χ1n) is 7.04. The number of carbonyl (C=O) groups excluding carboxylic acids is 1. The van der Waals surface area contributed by atoms with Crippen molar-refractivity contribution in [3.63, 3.8) is 0 Å². The summed E-state index contributed by atoms with van der Waals surface area (Å²) >= 11 is 0. The molecule has 2 amide bonds. The molecular weight excluding hydrogens is 329 g/mol. The number of aromatic nitrogens is 2. The number of hydrogen-bond donors (Lipinski definition) is 2. The molecule has 10 heteroatoms. The maximum Gasteiger partial charge on any atom is 0.394 e. The summed E-state index contributed by atoms with van der Waals surface area (Å²) < 4.78 is 40.5. The number of alkyl halides is 3. The Balaban J connectivity index is 1.74. The fraction of sp³-hybridized carbons (Fsp3) is 0.357. The number of imidazole rings is 1. The summed E-state index contributed by atoms with van der Waals surface area (Å²) in [6, 6.07) is 2.35. The lowest BCUT2D eigenvalue weighted by Gasteiger charge is -2.18. The van der Waals surface area contributed by atoms with Crippen LogP contribution >= 0.6 is 0 Å². The Labute approximate surface area is 133 Å². The molecule has 2 N–H and O–H groups in total. The van der Waals surface area contributed by atoms with Crippen LogP contribution in [0.4, 0.5) is 23.7 Å². The summed E-state index contributed by atoms with van der Waals surface area (Å²) in [6.07, 6.45) is 0.229. The summed E-state index contributed by atoms with van der Waals surface area (Å²) in [5.74, 6) is -5.30. The van der Waals surface area contributed by atoms with E-state index in [2.05, 4.69) is 10.3 Å². The number of rotatable bonds is 2. The van der Waals surface area contributed by atoms with Gasteiger partial charge in [0, 0.05) is 43.4 Å². The fourth-order valence-corrected chi connectivity index (χ4v) is 2.74. The maximum atomic E-state index is 12.9. The van der Waals surface area contributed by atoms with E-state index in [1.807, 2.05) is 0 Å². The summed E-state index contributed by atoms with van der Waals surface area (Å²) in [5, 5.41) is 11.4. The molecule has 0 radical (unpaired) electrons. The first kappa shape index (κ1) is 16.1. The van der Waals surface area contributed by atoms with E-state index in [0.29, 0.717) is 11.3 Å². The van der Waals surface area contributed by atoms with Gasteiger partial charge in [-0.1, -0.05) is 0 Å². The first-order valence-corrected chi connectivity index (χ1v) is 7.04. The fourth-order valence-electron chi connectivity index (χ4n) is 2.74. The third-order valence-electron chi connectivity index (χ3n) is 3.99. The van der Waals surface area contributed by atoms with E-state index in [0.717, 1.165) is 4.90 Å². The van der Waals surface area contributed by atoms with Gasteiger partial charge in [-0.05, 0) is 6.07 Å². The molecule has 1 fully saturated rings. The number of amides is 2. The van der Waals surface area contributed by atoms with Gasteiger partial charge in [0.25, 0.3) is 0 Å². The number of nitrogens with zero attached hydrogens (tertiary/aromatic N) is 3. The van der Waals surface area contributed by atoms with Crippen LogP contribution in [0.2, 0.25) is 0 Å². The first-order chi connectivity index (χ1) is 11.3. The van der Waals surface area contributed by atoms with E-state index in [-0.39, 0.29) is 0 Å². The van der Waals surface area contributed by atoms with E-state index in [1.165, 1.54) is 0 Å². The minimum atomic E-state index is -4.67. The van der Waals surface area contributed by atoms with Gasteiger partial charge in [0.05, 0.1) is 11.8 Å². The highest BCUT2D eigenvalue weighted by Gasteiger charge is 2.53. The topological polar surface area (TPSA) is 86.9 Å². The molecule has 0 aromatic carbocycles. The van der Waals surface area contributed by atoms with E-state index >= 15 is 0 Å². The van der Waals surface area contributed by atoms with Gasteiger partial charge in [0.2, 0.25) is 0 Å². The predicted molar refractivity (Wildman–Crippen MR) is 76.5 cm³/mol. The molecule has 0 bridgehead atoms. The molecule has 0 saturated carbocycles. The van der Waals surface area contributed by atoms with Gasteiger partial charge in [0.1, 0.15) is 5.65 Å². The Morgan fingerprint density at radius 3 is 2.67 bits per heavy atom. The number of pyridine rings is 1. The molecule has 2 aromatic heterocycles. The van der Waals surface area contributed by atoms with Gasteiger partial charge < -0.3 is 19.7 Å². The van der Waals surface area contributed by atoms with Crippen LogP contribution in [0.3, 0.4) is 0 Å². The average molecular weight is 342 g/mol. The second-order valence-electron chi connectivity index (χ2n) is 5.54. The highest BCUT2D eigenvalue weighted by Crippen LogP contribution is 2.37. The summed E-state index contributed by atoms with van der Waals surface area (Å²) in [7, 11) is 0. The molecule has 1 aliphatic heterocycles. The van der Waals surface area contributed by atoms with Gasteiger partial charge in [-0.15, -0.1) is 0 Å². The van der Waals surface area contributed by atoms with Crippen LogP contribution in [-0.2, 0) is 4.79 Å². The van der Waals surface area contributed by atoms with Crippen LogP contribution in [0.1, 0.15) is 0 Å². The molecule has 3 heterocycles. The molecule has 24 heavy (non-hydrogen) atoms. The van der Waals surface area contributed by atoms with Crippen molar-refractivity contribution in [1.82, 2.24) is 14.3 Å². The van der Waals surface area contributed by atoms with E-state index in [4.69, 9.17) is 5.11 Å². The summed E-state index contributed by atoms with van der Waals surface area (Å²) in [5.41, 5.74) is 0.923. The van der Waals surface area contributed by atoms with Gasteiger partial charge in [-0.2, -0.15) is 13.2 Å². The number of anilines is 1. The third kappa shape index (κ3) is 2.99. The average Bonchev–Trinajstić information content (AvgIpc) is 3.13. The number of carboxylic acids is 1. The highest BCUT2D eigenvalue weighted by atomic mass is 19.4. The second-order valence-corrected chi connectivity index (χ2v) is 5.54. The Morgan fingerprint density at radius 1 is 1.29 bits per heavy atom. The second kappa shape index (κ2) is 5.69. The number of likely N-dealkylation sites (tertiary alicyclic amines) is 1. The van der Waals surface area contributed by atoms with Crippen molar-refractivity contribution >= 4 is 23.3 Å². The lowest BCUT2D eigenvalue weighted by molar-refractivity contribution is -0.187. The van der Waals surface area contributed by atoms with Crippen LogP contribution < -0.4 is 5.32 Å². The summed E-state index contributed by atoms with van der Waals surface area (Å²) in [4.78, 5) is 28.1. The largest absolute Gasteiger partial charge is 0.481 e. The number of urea groups is 1. The number of carboxylic acid groups (broad SMARTS) is 1. The van der Waals surface area contributed by atoms with Crippen molar-refractivity contribution in [1.29, 1.82) is 0 Å². The van der Waals surface area contributed by atoms with Crippen molar-refractivity contribution < 1.29 is 27.9 Å². The molecule has 2 aromatic rings. The quantitative estimate of drug-likeness (QED) is 0.875. The molecule has 0 aliphatic carbocycles. The zero-order valence-electron chi connectivity index (χ0n) is 12.2. The minimum absolute atomic E-state index is 0.362. The molecule has 1 aliphatic rings. The highest BCUT2D eigenvalue weighted by molar-refractivity contribution is 5.90. The monoisotopic (exact) mass is 342 g/mol. The third-order valence-corrected chi connectivity index (χ3v) is 3.99. The lowest BCUT2D eigenvalue weighted by Crippen LogP contribution is -2.35. The normalized spacial score (nSPS) is 21.2. The van der Waals surface area contributed by atoms with E-state index < -0.39 is 43.1 Å². The lowest BCUT2D eigenvalue weighted by atomic mass is 9.96. The van der Waals surface area contributed by atoms with Crippen molar-refractivity contribution in [3.05, 3.63) is 30.7 Å². The zero-order chi connectivity index (χ0) is 17.5. The molecule has 0 spiro atoms. The van der Waals surface area contributed by atoms with Gasteiger partial charge in [-0.3, -0.25) is 4.79 Å². The zero-order valence-corrected chi connectivity index (χ0v) is 12.2. The van der Waals surface area contributed by atoms with Crippen molar-refractivity contribution in [2.24, 2.45) is 11.8 Å². The van der Waals surface area contributed by atoms with Crippen LogP contribution in [0, 0.1) is 11.8 Å². The number of carbonyl (C=O) groups is 2. The smallest absolute Gasteiger partial charge is 0.394 e. The Morgan fingerprint density at radius 2 is 2.04 bits per heavy atom. The Kier molecular flexibility index (Phi) is 3.82. The number of fused-ring (bicyclic) bond motifs is 1. The summed E-state index contributed by atoms with van der Waals surface area (Å²) in [6.45, 7) is -1.17. The van der Waals surface area contributed by atoms with Crippen LogP contribution in [0.5, 0.6) is 0 Å². The van der Waals surface area contributed by atoms with Gasteiger partial charge in [-0.25, -0.2) is 9.78 Å². The molecule has 7 nitrogen and oxygen atoms in total. The number of nitrogens with one attached hydrogen (secondary N) is 1. The number of halogens is 3. The van der Waals surface area contributed by atoms with E-state index in [1.54, 1.807) is 35.1 Å². The van der Waals surface area contributed by atoms with Crippen molar-refractivity contribution in [2.45, 2.75) is 6.18 Å². The maximum absolute atomic E-state index is 12.9. The molecule has 0 unspecified atom stereocenters. The van der Waals surface area contributed by atoms with E-state index in [9.17, 15) is 22.8 Å². The Bertz CT molecular complexity index is 789. The number of aliphatic carboxylic acids is 1. The van der Waals surface area contributed by atoms with Crippen LogP contribution in [0.25, 0.3) is 5.65 Å². The number of hydrogen-bond acceptors (Lipinski definition) is 3. The van der Waals surface area contributed by atoms with Crippen LogP contribution in [-0.4, -0.2) is 50.7 Å². The molecule has 128 valence electrons. The van der Waals surface area contributed by atoms with Gasteiger partial charge in [0.15, 0.2) is 0 Å². The SMILES string of the molecule is O=C(O)[C@@H]1CN(C(=O)Nc2ccn3ccnc3c2)C[C@H]1C(F)(F)F. The molecule has 3 rings (SSSR count). The molecular formula is C14H13F3N4O3. The molecule has 1 saturated heterocycles. The minimum Gasteiger partial charge on any atom is -0.481 e.